The topological polar surface area (TPSA) is 87.7 Å². The van der Waals surface area contributed by atoms with Crippen molar-refractivity contribution < 1.29 is 17.9 Å². The molecule has 8 heteroatoms. The number of ether oxygens (including phenoxy) is 1. The molecule has 1 aliphatic rings. The van der Waals surface area contributed by atoms with Crippen LogP contribution in [-0.2, 0) is 26.1 Å². The lowest BCUT2D eigenvalue weighted by Gasteiger charge is -2.23. The molecule has 0 aromatic heterocycles. The van der Waals surface area contributed by atoms with Gasteiger partial charge in [0.15, 0.2) is 0 Å². The van der Waals surface area contributed by atoms with Crippen LogP contribution in [0.2, 0.25) is 0 Å². The Morgan fingerprint density at radius 2 is 2.04 bits per heavy atom. The number of hydrogen-bond acceptors (Lipinski definition) is 5. The zero-order valence-corrected chi connectivity index (χ0v) is 15.8. The van der Waals surface area contributed by atoms with Crippen LogP contribution in [0.25, 0.3) is 0 Å². The summed E-state index contributed by atoms with van der Waals surface area (Å²) < 4.78 is 31.5. The van der Waals surface area contributed by atoms with Crippen LogP contribution >= 0.6 is 0 Å². The zero-order valence-electron chi connectivity index (χ0n) is 15.0. The van der Waals surface area contributed by atoms with Crippen LogP contribution in [0.15, 0.2) is 29.2 Å². The highest BCUT2D eigenvalue weighted by Crippen LogP contribution is 2.17. The van der Waals surface area contributed by atoms with E-state index in [2.05, 4.69) is 10.6 Å². The lowest BCUT2D eigenvalue weighted by Crippen LogP contribution is -2.44. The van der Waals surface area contributed by atoms with Gasteiger partial charge in [-0.05, 0) is 31.5 Å². The van der Waals surface area contributed by atoms with Crippen LogP contribution in [0.5, 0.6) is 0 Å². The fraction of sp³-hybridized carbons (Fsp3) is 0.588. The number of carbonyl (C=O) groups is 1. The highest BCUT2D eigenvalue weighted by atomic mass is 32.2. The van der Waals surface area contributed by atoms with Gasteiger partial charge in [0.25, 0.3) is 0 Å². The molecule has 1 fully saturated rings. The van der Waals surface area contributed by atoms with Gasteiger partial charge in [0.1, 0.15) is 0 Å². The molecule has 1 heterocycles. The van der Waals surface area contributed by atoms with Gasteiger partial charge < -0.3 is 15.4 Å². The fourth-order valence-corrected chi connectivity index (χ4v) is 3.84. The maximum atomic E-state index is 12.4. The predicted octanol–water partition coefficient (Wildman–Crippen LogP) is 0.710. The Balaban J connectivity index is 1.88. The number of amides is 1. The molecule has 1 aromatic carbocycles. The van der Waals surface area contributed by atoms with E-state index < -0.39 is 10.0 Å². The molecule has 2 N–H and O–H groups in total. The van der Waals surface area contributed by atoms with E-state index in [1.165, 1.54) is 4.31 Å². The van der Waals surface area contributed by atoms with E-state index in [-0.39, 0.29) is 22.9 Å². The zero-order chi connectivity index (χ0) is 18.4. The monoisotopic (exact) mass is 369 g/mol. The molecule has 1 aliphatic heterocycles. The van der Waals surface area contributed by atoms with Crippen molar-refractivity contribution in [3.8, 4) is 0 Å². The van der Waals surface area contributed by atoms with E-state index in [1.54, 1.807) is 31.3 Å². The van der Waals surface area contributed by atoms with Gasteiger partial charge in [0.05, 0.1) is 18.1 Å². The van der Waals surface area contributed by atoms with E-state index in [0.29, 0.717) is 26.2 Å². The second-order valence-electron chi connectivity index (χ2n) is 6.47. The molecule has 0 saturated carbocycles. The van der Waals surface area contributed by atoms with Crippen LogP contribution in [0.1, 0.15) is 25.8 Å². The van der Waals surface area contributed by atoms with Crippen molar-refractivity contribution in [1.82, 2.24) is 14.9 Å². The number of benzene rings is 1. The van der Waals surface area contributed by atoms with E-state index in [1.807, 2.05) is 13.8 Å². The van der Waals surface area contributed by atoms with E-state index in [4.69, 9.17) is 4.74 Å². The Bertz CT molecular complexity index is 668. The van der Waals surface area contributed by atoms with Gasteiger partial charge in [0, 0.05) is 38.6 Å². The van der Waals surface area contributed by atoms with Crippen LogP contribution in [0, 0.1) is 0 Å². The quantitative estimate of drug-likeness (QED) is 0.739. The average molecular weight is 369 g/mol. The summed E-state index contributed by atoms with van der Waals surface area (Å²) >= 11 is 0. The first-order valence-corrected chi connectivity index (χ1v) is 9.89. The Morgan fingerprint density at radius 3 is 2.60 bits per heavy atom. The molecular formula is C17H27N3O4S. The largest absolute Gasteiger partial charge is 0.378 e. The maximum absolute atomic E-state index is 12.4. The first-order valence-electron chi connectivity index (χ1n) is 8.45. The number of nitrogens with one attached hydrogen (secondary N) is 2. The number of hydrogen-bond donors (Lipinski definition) is 2. The Hall–Kier alpha value is -1.48. The maximum Gasteiger partial charge on any atom is 0.243 e. The Labute approximate surface area is 149 Å². The molecule has 1 aromatic rings. The first-order chi connectivity index (χ1) is 11.8. The third-order valence-corrected chi connectivity index (χ3v) is 6.30. The minimum atomic E-state index is -3.48. The predicted molar refractivity (Wildman–Crippen MR) is 95.6 cm³/mol. The number of sulfonamides is 1. The number of carbonyl (C=O) groups excluding carboxylic acids is 1. The third-order valence-electron chi connectivity index (χ3n) is 4.25. The van der Waals surface area contributed by atoms with Gasteiger partial charge in [0.2, 0.25) is 15.9 Å². The molecular weight excluding hydrogens is 342 g/mol. The molecule has 1 atom stereocenters. The fourth-order valence-electron chi connectivity index (χ4n) is 2.47. The average Bonchev–Trinajstić information content (AvgIpc) is 2.60. The normalized spacial score (nSPS) is 18.5. The second-order valence-corrected chi connectivity index (χ2v) is 8.46. The molecule has 7 nitrogen and oxygen atoms in total. The van der Waals surface area contributed by atoms with Gasteiger partial charge in [-0.15, -0.1) is 0 Å². The van der Waals surface area contributed by atoms with Crippen molar-refractivity contribution in [1.29, 1.82) is 0 Å². The molecule has 2 rings (SSSR count). The van der Waals surface area contributed by atoms with Crippen LogP contribution < -0.4 is 10.6 Å². The molecule has 140 valence electrons. The lowest BCUT2D eigenvalue weighted by molar-refractivity contribution is -0.122. The van der Waals surface area contributed by atoms with Crippen molar-refractivity contribution in [2.24, 2.45) is 0 Å². The molecule has 25 heavy (non-hydrogen) atoms. The Morgan fingerprint density at radius 1 is 1.36 bits per heavy atom. The van der Waals surface area contributed by atoms with E-state index >= 15 is 0 Å². The van der Waals surface area contributed by atoms with Crippen LogP contribution in [0.3, 0.4) is 0 Å². The number of morpholine rings is 1. The van der Waals surface area contributed by atoms with Crippen molar-refractivity contribution in [2.75, 3.05) is 26.8 Å². The summed E-state index contributed by atoms with van der Waals surface area (Å²) in [7, 11) is -1.92. The summed E-state index contributed by atoms with van der Waals surface area (Å²) in [6.45, 7) is 6.01. The SMILES string of the molecule is CC(C)N(C)S(=O)(=O)c1ccc(CNC(=O)CC2COCCN2)cc1. The number of nitrogens with zero attached hydrogens (tertiary/aromatic N) is 1. The molecule has 1 unspecified atom stereocenters. The van der Waals surface area contributed by atoms with E-state index in [0.717, 1.165) is 12.1 Å². The van der Waals surface area contributed by atoms with Gasteiger partial charge in [-0.1, -0.05) is 12.1 Å². The molecule has 1 amide bonds. The molecule has 1 saturated heterocycles. The molecule has 0 spiro atoms. The third kappa shape index (κ3) is 5.50. The second kappa shape index (κ2) is 8.75. The standard InChI is InChI=1S/C17H27N3O4S/c1-13(2)20(3)25(22,23)16-6-4-14(5-7-16)11-19-17(21)10-15-12-24-9-8-18-15/h4-7,13,15,18H,8-12H2,1-3H3,(H,19,21). The smallest absolute Gasteiger partial charge is 0.243 e. The minimum Gasteiger partial charge on any atom is -0.378 e. The van der Waals surface area contributed by atoms with Crippen LogP contribution in [0.4, 0.5) is 0 Å². The summed E-state index contributed by atoms with van der Waals surface area (Å²) in [5.74, 6) is -0.0563. The highest BCUT2D eigenvalue weighted by molar-refractivity contribution is 7.89. The molecule has 0 radical (unpaired) electrons. The van der Waals surface area contributed by atoms with Crippen molar-refractivity contribution in [3.63, 3.8) is 0 Å². The lowest BCUT2D eigenvalue weighted by atomic mass is 10.2. The summed E-state index contributed by atoms with van der Waals surface area (Å²) in [5, 5.41) is 6.09. The van der Waals surface area contributed by atoms with Gasteiger partial charge in [-0.2, -0.15) is 4.31 Å². The first kappa shape index (κ1) is 19.8. The molecule has 0 aliphatic carbocycles. The number of rotatable bonds is 7. The van der Waals surface area contributed by atoms with Crippen molar-refractivity contribution >= 4 is 15.9 Å². The summed E-state index contributed by atoms with van der Waals surface area (Å²) in [5.41, 5.74) is 0.854. The van der Waals surface area contributed by atoms with Gasteiger partial charge in [-0.25, -0.2) is 8.42 Å². The van der Waals surface area contributed by atoms with Gasteiger partial charge >= 0.3 is 0 Å². The van der Waals surface area contributed by atoms with Crippen molar-refractivity contribution in [3.05, 3.63) is 29.8 Å². The minimum absolute atomic E-state index is 0.0489. The van der Waals surface area contributed by atoms with Crippen LogP contribution in [-0.4, -0.2) is 57.5 Å². The summed E-state index contributed by atoms with van der Waals surface area (Å²) in [6.07, 6.45) is 0.367. The summed E-state index contributed by atoms with van der Waals surface area (Å²) in [4.78, 5) is 12.2. The summed E-state index contributed by atoms with van der Waals surface area (Å²) in [6, 6.07) is 6.54. The Kier molecular flexibility index (Phi) is 6.95. The van der Waals surface area contributed by atoms with Gasteiger partial charge in [-0.3, -0.25) is 4.79 Å². The molecule has 0 bridgehead atoms. The van der Waals surface area contributed by atoms with E-state index in [9.17, 15) is 13.2 Å². The highest BCUT2D eigenvalue weighted by Gasteiger charge is 2.22. The van der Waals surface area contributed by atoms with Crippen molar-refractivity contribution in [2.45, 2.75) is 43.8 Å².